The Morgan fingerprint density at radius 3 is 2.37 bits per heavy atom. The molecule has 41 heavy (non-hydrogen) atoms. The number of nitrogens with zero attached hydrogens (tertiary/aromatic N) is 4. The molecule has 0 bridgehead atoms. The summed E-state index contributed by atoms with van der Waals surface area (Å²) in [5, 5.41) is 2.25. The summed E-state index contributed by atoms with van der Waals surface area (Å²) in [5.74, 6) is 0.132. The van der Waals surface area contributed by atoms with E-state index >= 15 is 0 Å². The quantitative estimate of drug-likeness (QED) is 0.341. The zero-order chi connectivity index (χ0) is 30.6. The van der Waals surface area contributed by atoms with Gasteiger partial charge in [0.15, 0.2) is 0 Å². The number of nitrogens with one attached hydrogen (secondary N) is 2. The molecule has 0 aliphatic heterocycles. The van der Waals surface area contributed by atoms with Crippen molar-refractivity contribution in [1.82, 2.24) is 24.6 Å². The molecule has 13 nitrogen and oxygen atoms in total. The van der Waals surface area contributed by atoms with Crippen LogP contribution in [0.5, 0.6) is 6.01 Å². The fraction of sp³-hybridized carbons (Fsp3) is 0.333. The summed E-state index contributed by atoms with van der Waals surface area (Å²) in [4.78, 5) is 50.1. The third kappa shape index (κ3) is 10.5. The number of urea groups is 1. The van der Waals surface area contributed by atoms with Crippen LogP contribution in [0.15, 0.2) is 45.6 Å². The number of thioether (sulfide) groups is 1. The third-order valence-corrected chi connectivity index (χ3v) is 8.58. The molecular formula is C24H29ClN6O7S3. The molecule has 0 spiro atoms. The summed E-state index contributed by atoms with van der Waals surface area (Å²) in [6.07, 6.45) is 0. The molecule has 2 aromatic heterocycles. The Labute approximate surface area is 250 Å². The number of amides is 3. The van der Waals surface area contributed by atoms with E-state index in [1.165, 1.54) is 37.2 Å². The lowest BCUT2D eigenvalue weighted by molar-refractivity contribution is 0.0602. The second kappa shape index (κ2) is 16.1. The summed E-state index contributed by atoms with van der Waals surface area (Å²) < 4.78 is 35.6. The molecule has 3 rings (SSSR count). The fourth-order valence-corrected chi connectivity index (χ4v) is 6.24. The van der Waals surface area contributed by atoms with Crippen molar-refractivity contribution < 1.29 is 32.3 Å². The van der Waals surface area contributed by atoms with Gasteiger partial charge in [0.25, 0.3) is 21.3 Å². The van der Waals surface area contributed by atoms with Gasteiger partial charge in [-0.1, -0.05) is 35.5 Å². The van der Waals surface area contributed by atoms with Gasteiger partial charge in [-0.3, -0.25) is 9.78 Å². The van der Waals surface area contributed by atoms with Gasteiger partial charge in [0.05, 0.1) is 14.2 Å². The molecule has 0 fully saturated rings. The van der Waals surface area contributed by atoms with Crippen molar-refractivity contribution in [2.45, 2.75) is 31.4 Å². The first-order valence-corrected chi connectivity index (χ1v) is 15.6. The predicted octanol–water partition coefficient (Wildman–Crippen LogP) is 4.00. The van der Waals surface area contributed by atoms with Crippen molar-refractivity contribution in [2.75, 3.05) is 27.3 Å². The molecule has 0 unspecified atom stereocenters. The number of aromatic amines is 1. The average molecular weight is 645 g/mol. The number of methoxy groups -OCH3 is 2. The van der Waals surface area contributed by atoms with Gasteiger partial charge >= 0.3 is 12.0 Å². The lowest BCUT2D eigenvalue weighted by atomic mass is 10.2. The van der Waals surface area contributed by atoms with Crippen LogP contribution < -0.4 is 15.1 Å². The summed E-state index contributed by atoms with van der Waals surface area (Å²) in [5.41, 5.74) is 0.922. The monoisotopic (exact) mass is 644 g/mol. The molecule has 0 radical (unpaired) electrons. The topological polar surface area (TPSA) is 173 Å². The Balaban J connectivity index is 0.000000317. The standard InChI is InChI=1S/C12H16ClNOS.C12H13N5O6S2/c1-3-14(4-2)12(15)16-9-10-5-7-11(13)8-6-10;1-6-13-10(16-12(14-6)23-3)15-11(19)17-25(20,21)7-4-5-24-8(7)9(18)22-2/h5-8H,3-4,9H2,1-2H3;4-5H,1-3H3,(H2,13,14,15,16,17,19). The van der Waals surface area contributed by atoms with Crippen LogP contribution in [-0.4, -0.2) is 72.8 Å². The highest BCUT2D eigenvalue weighted by molar-refractivity contribution is 8.12. The number of halogens is 1. The van der Waals surface area contributed by atoms with E-state index in [0.717, 1.165) is 42.1 Å². The van der Waals surface area contributed by atoms with Crippen LogP contribution in [0.25, 0.3) is 0 Å². The van der Waals surface area contributed by atoms with Crippen LogP contribution in [0, 0.1) is 6.92 Å². The predicted molar refractivity (Wildman–Crippen MR) is 156 cm³/mol. The number of ether oxygens (including phenoxy) is 2. The molecule has 2 heterocycles. The molecule has 2 N–H and O–H groups in total. The second-order valence-electron chi connectivity index (χ2n) is 7.71. The number of aromatic nitrogens is 3. The lowest BCUT2D eigenvalue weighted by Gasteiger charge is -2.17. The summed E-state index contributed by atoms with van der Waals surface area (Å²) in [7, 11) is -1.86. The maximum absolute atomic E-state index is 12.3. The number of carbonyl (C=O) groups excluding carboxylic acids is 3. The van der Waals surface area contributed by atoms with Crippen molar-refractivity contribution in [3.8, 4) is 6.01 Å². The molecular weight excluding hydrogens is 616 g/mol. The Hall–Kier alpha value is -3.47. The van der Waals surface area contributed by atoms with E-state index in [2.05, 4.69) is 24.7 Å². The molecule has 3 aromatic rings. The van der Waals surface area contributed by atoms with Crippen molar-refractivity contribution >= 4 is 62.0 Å². The number of thiophene rings is 1. The van der Waals surface area contributed by atoms with Crippen molar-refractivity contribution in [1.29, 1.82) is 0 Å². The van der Waals surface area contributed by atoms with Gasteiger partial charge in [-0.05, 0) is 49.9 Å². The minimum atomic E-state index is -4.32. The normalized spacial score (nSPS) is 11.2. The third-order valence-electron chi connectivity index (χ3n) is 4.96. The molecule has 0 saturated carbocycles. The van der Waals surface area contributed by atoms with E-state index in [1.54, 1.807) is 4.72 Å². The number of hydrogen-bond acceptors (Lipinski definition) is 11. The highest BCUT2D eigenvalue weighted by Crippen LogP contribution is 2.22. The zero-order valence-electron chi connectivity index (χ0n) is 22.8. The summed E-state index contributed by atoms with van der Waals surface area (Å²) in [6.45, 7) is 7.05. The van der Waals surface area contributed by atoms with Crippen LogP contribution >= 0.6 is 34.7 Å². The highest BCUT2D eigenvalue weighted by atomic mass is 35.5. The SMILES string of the molecule is CCN(CC)C(=O)SCc1ccc(Cl)cc1.COC(=O)c1sccc1S(=O)(=O)NC(=O)N=c1nc(C)nc(OC)[nH]1. The minimum absolute atomic E-state index is 0.0488. The van der Waals surface area contributed by atoms with E-state index in [9.17, 15) is 22.8 Å². The van der Waals surface area contributed by atoms with Crippen LogP contribution in [0.2, 0.25) is 5.02 Å². The molecule has 0 saturated heterocycles. The molecule has 0 atom stereocenters. The van der Waals surface area contributed by atoms with Crippen molar-refractivity contribution in [2.24, 2.45) is 4.99 Å². The molecule has 17 heteroatoms. The Morgan fingerprint density at radius 1 is 1.12 bits per heavy atom. The van der Waals surface area contributed by atoms with Gasteiger partial charge in [-0.15, -0.1) is 11.3 Å². The number of benzene rings is 1. The Bertz CT molecular complexity index is 1520. The lowest BCUT2D eigenvalue weighted by Crippen LogP contribution is -2.31. The first-order chi connectivity index (χ1) is 19.4. The number of aryl methyl sites for hydroxylation is 1. The van der Waals surface area contributed by atoms with Crippen molar-refractivity contribution in [3.63, 3.8) is 0 Å². The van der Waals surface area contributed by atoms with Crippen molar-refractivity contribution in [3.05, 3.63) is 62.6 Å². The van der Waals surface area contributed by atoms with E-state index in [0.29, 0.717) is 5.75 Å². The number of rotatable bonds is 8. The van der Waals surface area contributed by atoms with Gasteiger partial charge in [0.1, 0.15) is 15.6 Å². The second-order valence-corrected chi connectivity index (χ2v) is 11.6. The maximum atomic E-state index is 12.3. The van der Waals surface area contributed by atoms with E-state index in [1.807, 2.05) is 43.0 Å². The summed E-state index contributed by atoms with van der Waals surface area (Å²) >= 11 is 7.99. The number of hydrogen-bond donors (Lipinski definition) is 2. The molecule has 0 aliphatic rings. The van der Waals surface area contributed by atoms with Gasteiger partial charge < -0.3 is 14.4 Å². The van der Waals surface area contributed by atoms with Crippen LogP contribution in [0.4, 0.5) is 9.59 Å². The average Bonchev–Trinajstić information content (AvgIpc) is 3.44. The summed E-state index contributed by atoms with van der Waals surface area (Å²) in [6, 6.07) is 7.61. The van der Waals surface area contributed by atoms with Gasteiger partial charge in [0.2, 0.25) is 5.62 Å². The smallest absolute Gasteiger partial charge is 0.358 e. The molecule has 1 aromatic carbocycles. The van der Waals surface area contributed by atoms with E-state index < -0.39 is 22.0 Å². The molecule has 3 amide bonds. The number of H-pyrrole nitrogens is 1. The maximum Gasteiger partial charge on any atom is 0.358 e. The number of esters is 1. The van der Waals surface area contributed by atoms with Gasteiger partial charge in [-0.25, -0.2) is 22.7 Å². The first-order valence-electron chi connectivity index (χ1n) is 11.9. The fourth-order valence-electron chi connectivity index (χ4n) is 2.96. The van der Waals surface area contributed by atoms with Crippen LogP contribution in [0.1, 0.15) is 34.9 Å². The van der Waals surface area contributed by atoms with Gasteiger partial charge in [0, 0.05) is 23.9 Å². The van der Waals surface area contributed by atoms with Crippen LogP contribution in [-0.2, 0) is 20.5 Å². The number of sulfonamides is 1. The Morgan fingerprint density at radius 2 is 1.78 bits per heavy atom. The largest absolute Gasteiger partial charge is 0.468 e. The minimum Gasteiger partial charge on any atom is -0.468 e. The first kappa shape index (κ1) is 33.7. The van der Waals surface area contributed by atoms with Crippen LogP contribution in [0.3, 0.4) is 0 Å². The zero-order valence-corrected chi connectivity index (χ0v) is 26.0. The number of carbonyl (C=O) groups is 3. The molecule has 0 aliphatic carbocycles. The molecule has 222 valence electrons. The Kier molecular flexibility index (Phi) is 13.2. The van der Waals surface area contributed by atoms with Gasteiger partial charge in [-0.2, -0.15) is 15.0 Å². The van der Waals surface area contributed by atoms with E-state index in [4.69, 9.17) is 16.3 Å². The van der Waals surface area contributed by atoms with E-state index in [-0.39, 0.29) is 32.5 Å². The highest BCUT2D eigenvalue weighted by Gasteiger charge is 2.26.